The lowest BCUT2D eigenvalue weighted by molar-refractivity contribution is 0.0994. The normalized spacial score (nSPS) is 10.5. The molecule has 1 aromatic carbocycles. The van der Waals surface area contributed by atoms with E-state index in [1.807, 2.05) is 6.92 Å². The summed E-state index contributed by atoms with van der Waals surface area (Å²) < 4.78 is 17.1. The first-order chi connectivity index (χ1) is 8.22. The van der Waals surface area contributed by atoms with Crippen molar-refractivity contribution in [2.45, 2.75) is 19.8 Å². The summed E-state index contributed by atoms with van der Waals surface area (Å²) in [5, 5.41) is 3.87. The second-order valence-electron chi connectivity index (χ2n) is 3.59. The van der Waals surface area contributed by atoms with Crippen LogP contribution in [0.4, 0.5) is 4.39 Å². The van der Waals surface area contributed by atoms with Gasteiger partial charge in [0, 0.05) is 6.42 Å². The van der Waals surface area contributed by atoms with Crippen molar-refractivity contribution in [3.05, 3.63) is 46.2 Å². The zero-order valence-electron chi connectivity index (χ0n) is 9.31. The van der Waals surface area contributed by atoms with Crippen molar-refractivity contribution in [2.75, 3.05) is 0 Å². The van der Waals surface area contributed by atoms with Crippen molar-refractivity contribution in [1.29, 1.82) is 0 Å². The highest BCUT2D eigenvalue weighted by molar-refractivity contribution is 7.08. The fourth-order valence-electron chi connectivity index (χ4n) is 1.55. The van der Waals surface area contributed by atoms with E-state index in [2.05, 4.69) is 9.59 Å². The van der Waals surface area contributed by atoms with E-state index in [1.54, 1.807) is 18.2 Å². The maximum atomic E-state index is 13.4. The predicted molar refractivity (Wildman–Crippen MR) is 63.7 cm³/mol. The first-order valence-electron chi connectivity index (χ1n) is 5.30. The Morgan fingerprint density at radius 3 is 2.88 bits per heavy atom. The Morgan fingerprint density at radius 2 is 2.18 bits per heavy atom. The third-order valence-electron chi connectivity index (χ3n) is 2.45. The van der Waals surface area contributed by atoms with Crippen molar-refractivity contribution < 1.29 is 9.18 Å². The molecule has 0 saturated carbocycles. The molecular weight excluding hydrogens is 239 g/mol. The summed E-state index contributed by atoms with van der Waals surface area (Å²) >= 11 is 1.07. The Balaban J connectivity index is 2.20. The van der Waals surface area contributed by atoms with Gasteiger partial charge >= 0.3 is 0 Å². The van der Waals surface area contributed by atoms with Gasteiger partial charge in [-0.3, -0.25) is 4.79 Å². The quantitative estimate of drug-likeness (QED) is 0.783. The third kappa shape index (κ3) is 2.55. The zero-order chi connectivity index (χ0) is 12.3. The fourth-order valence-corrected chi connectivity index (χ4v) is 2.23. The van der Waals surface area contributed by atoms with Gasteiger partial charge in [-0.1, -0.05) is 29.6 Å². The van der Waals surface area contributed by atoms with Crippen LogP contribution in [0.2, 0.25) is 0 Å². The average molecular weight is 250 g/mol. The number of aromatic nitrogens is 2. The van der Waals surface area contributed by atoms with Gasteiger partial charge in [-0.2, -0.15) is 0 Å². The van der Waals surface area contributed by atoms with Gasteiger partial charge < -0.3 is 0 Å². The summed E-state index contributed by atoms with van der Waals surface area (Å²) in [6.07, 6.45) is 0.721. The van der Waals surface area contributed by atoms with Crippen molar-refractivity contribution in [2.24, 2.45) is 0 Å². The van der Waals surface area contributed by atoms with Gasteiger partial charge in [-0.15, -0.1) is 5.10 Å². The molecule has 1 heterocycles. The highest BCUT2D eigenvalue weighted by atomic mass is 32.1. The van der Waals surface area contributed by atoms with E-state index in [9.17, 15) is 9.18 Å². The number of benzene rings is 1. The SMILES string of the molecule is CCc1nnsc1C(=O)Cc1ccccc1F. The summed E-state index contributed by atoms with van der Waals surface area (Å²) in [4.78, 5) is 12.5. The number of carbonyl (C=O) groups is 1. The van der Waals surface area contributed by atoms with Crippen LogP contribution in [0, 0.1) is 5.82 Å². The maximum Gasteiger partial charge on any atom is 0.180 e. The minimum atomic E-state index is -0.351. The highest BCUT2D eigenvalue weighted by Gasteiger charge is 2.16. The number of Topliss-reactive ketones (excluding diaryl/α,β-unsaturated/α-hetero) is 1. The maximum absolute atomic E-state index is 13.4. The molecule has 0 N–H and O–H groups in total. The monoisotopic (exact) mass is 250 g/mol. The molecule has 0 atom stereocenters. The molecule has 0 spiro atoms. The van der Waals surface area contributed by atoms with Crippen LogP contribution in [0.3, 0.4) is 0 Å². The van der Waals surface area contributed by atoms with Crippen LogP contribution < -0.4 is 0 Å². The van der Waals surface area contributed by atoms with Gasteiger partial charge in [0.05, 0.1) is 5.69 Å². The van der Waals surface area contributed by atoms with Crippen molar-refractivity contribution in [3.8, 4) is 0 Å². The summed E-state index contributed by atoms with van der Waals surface area (Å²) in [5.74, 6) is -0.474. The molecule has 0 radical (unpaired) electrons. The second-order valence-corrected chi connectivity index (χ2v) is 4.35. The molecule has 0 bridgehead atoms. The lowest BCUT2D eigenvalue weighted by Crippen LogP contribution is -2.05. The lowest BCUT2D eigenvalue weighted by atomic mass is 10.1. The van der Waals surface area contributed by atoms with Crippen molar-refractivity contribution in [3.63, 3.8) is 0 Å². The number of nitrogens with zero attached hydrogens (tertiary/aromatic N) is 2. The van der Waals surface area contributed by atoms with Gasteiger partial charge in [0.25, 0.3) is 0 Å². The van der Waals surface area contributed by atoms with Gasteiger partial charge in [0.15, 0.2) is 5.78 Å². The Bertz CT molecular complexity index is 539. The molecule has 0 fully saturated rings. The average Bonchev–Trinajstić information content (AvgIpc) is 2.80. The summed E-state index contributed by atoms with van der Waals surface area (Å²) in [7, 11) is 0. The van der Waals surface area contributed by atoms with Crippen molar-refractivity contribution >= 4 is 17.3 Å². The Hall–Kier alpha value is -1.62. The molecule has 0 amide bonds. The summed E-state index contributed by atoms with van der Waals surface area (Å²) in [5.41, 5.74) is 1.10. The Morgan fingerprint density at radius 1 is 1.41 bits per heavy atom. The van der Waals surface area contributed by atoms with Crippen LogP contribution in [0.5, 0.6) is 0 Å². The Kier molecular flexibility index (Phi) is 3.58. The largest absolute Gasteiger partial charge is 0.293 e. The molecule has 17 heavy (non-hydrogen) atoms. The molecule has 0 unspecified atom stereocenters. The Labute approximate surface area is 102 Å². The van der Waals surface area contributed by atoms with Crippen LogP contribution >= 0.6 is 11.5 Å². The number of rotatable bonds is 4. The van der Waals surface area contributed by atoms with Crippen LogP contribution in [-0.4, -0.2) is 15.4 Å². The molecule has 2 aromatic rings. The third-order valence-corrected chi connectivity index (χ3v) is 3.26. The standard InChI is InChI=1S/C12H11FN2OS/c1-2-10-12(17-15-14-10)11(16)7-8-5-3-4-6-9(8)13/h3-6H,2,7H2,1H3. The number of aryl methyl sites for hydroxylation is 1. The second kappa shape index (κ2) is 5.14. The van der Waals surface area contributed by atoms with Gasteiger partial charge in [0.1, 0.15) is 10.7 Å². The highest BCUT2D eigenvalue weighted by Crippen LogP contribution is 2.16. The van der Waals surface area contributed by atoms with Crippen LogP contribution in [-0.2, 0) is 12.8 Å². The van der Waals surface area contributed by atoms with E-state index in [0.717, 1.165) is 11.5 Å². The molecule has 5 heteroatoms. The van der Waals surface area contributed by atoms with Crippen molar-refractivity contribution in [1.82, 2.24) is 9.59 Å². The van der Waals surface area contributed by atoms with E-state index in [0.29, 0.717) is 22.6 Å². The molecule has 3 nitrogen and oxygen atoms in total. The minimum absolute atomic E-state index is 0.0591. The van der Waals surface area contributed by atoms with Crippen LogP contribution in [0.25, 0.3) is 0 Å². The number of halogens is 1. The van der Waals surface area contributed by atoms with Gasteiger partial charge in [-0.25, -0.2) is 4.39 Å². The minimum Gasteiger partial charge on any atom is -0.293 e. The van der Waals surface area contributed by atoms with Gasteiger partial charge in [-0.05, 0) is 29.6 Å². The van der Waals surface area contributed by atoms with Crippen LogP contribution in [0.15, 0.2) is 24.3 Å². The molecule has 0 aliphatic heterocycles. The zero-order valence-corrected chi connectivity index (χ0v) is 10.1. The molecule has 88 valence electrons. The first-order valence-corrected chi connectivity index (χ1v) is 6.07. The summed E-state index contributed by atoms with van der Waals surface area (Å²) in [6.45, 7) is 1.91. The first kappa shape index (κ1) is 11.9. The molecule has 0 aliphatic rings. The summed E-state index contributed by atoms with van der Waals surface area (Å²) in [6, 6.07) is 6.30. The van der Waals surface area contributed by atoms with E-state index >= 15 is 0 Å². The van der Waals surface area contributed by atoms with E-state index in [4.69, 9.17) is 0 Å². The molecular formula is C12H11FN2OS. The topological polar surface area (TPSA) is 42.9 Å². The number of carbonyl (C=O) groups excluding carboxylic acids is 1. The lowest BCUT2D eigenvalue weighted by Gasteiger charge is -2.01. The van der Waals surface area contributed by atoms with E-state index in [1.165, 1.54) is 6.07 Å². The number of hydrogen-bond donors (Lipinski definition) is 0. The van der Waals surface area contributed by atoms with Gasteiger partial charge in [0.2, 0.25) is 0 Å². The smallest absolute Gasteiger partial charge is 0.180 e. The molecule has 2 rings (SSSR count). The number of hydrogen-bond acceptors (Lipinski definition) is 4. The molecule has 1 aromatic heterocycles. The molecule has 0 saturated heterocycles. The number of ketones is 1. The van der Waals surface area contributed by atoms with Crippen LogP contribution in [0.1, 0.15) is 27.9 Å². The predicted octanol–water partition coefficient (Wildman–Crippen LogP) is 2.67. The molecule has 0 aliphatic carbocycles. The van der Waals surface area contributed by atoms with E-state index < -0.39 is 0 Å². The fraction of sp³-hybridized carbons (Fsp3) is 0.250. The van der Waals surface area contributed by atoms with E-state index in [-0.39, 0.29) is 18.0 Å².